The van der Waals surface area contributed by atoms with Crippen LogP contribution in [0.1, 0.15) is 52.0 Å². The minimum absolute atomic E-state index is 0.0930. The topological polar surface area (TPSA) is 78.3 Å². The van der Waals surface area contributed by atoms with Crippen LogP contribution in [0, 0.1) is 0 Å². The highest BCUT2D eigenvalue weighted by molar-refractivity contribution is 7.99. The van der Waals surface area contributed by atoms with Crippen LogP contribution in [0.4, 0.5) is 5.69 Å². The SMILES string of the molecule is CC(C)n1cnnc1SCC(=O)Nc1ccc2c(c1)OC1(CCCCC1)O2. The van der Waals surface area contributed by atoms with Crippen LogP contribution >= 0.6 is 11.8 Å². The molecule has 2 aliphatic rings. The van der Waals surface area contributed by atoms with Gasteiger partial charge in [-0.25, -0.2) is 0 Å². The van der Waals surface area contributed by atoms with Gasteiger partial charge in [-0.3, -0.25) is 4.79 Å². The van der Waals surface area contributed by atoms with Crippen molar-refractivity contribution < 1.29 is 14.3 Å². The van der Waals surface area contributed by atoms with Gasteiger partial charge in [-0.05, 0) is 38.8 Å². The van der Waals surface area contributed by atoms with Crippen molar-refractivity contribution in [2.45, 2.75) is 62.9 Å². The fraction of sp³-hybridized carbons (Fsp3) is 0.526. The van der Waals surface area contributed by atoms with Crippen LogP contribution in [0.2, 0.25) is 0 Å². The molecule has 2 heterocycles. The summed E-state index contributed by atoms with van der Waals surface area (Å²) in [6, 6.07) is 5.82. The van der Waals surface area contributed by atoms with E-state index in [1.807, 2.05) is 22.8 Å². The van der Waals surface area contributed by atoms with Crippen molar-refractivity contribution in [3.8, 4) is 11.5 Å². The Morgan fingerprint density at radius 2 is 2.04 bits per heavy atom. The molecule has 1 N–H and O–H groups in total. The molecule has 1 amide bonds. The number of benzene rings is 1. The summed E-state index contributed by atoms with van der Waals surface area (Å²) in [6.45, 7) is 4.11. The molecule has 0 bridgehead atoms. The Morgan fingerprint density at radius 3 is 2.81 bits per heavy atom. The Hall–Kier alpha value is -2.22. The molecular weight excluding hydrogens is 364 g/mol. The summed E-state index contributed by atoms with van der Waals surface area (Å²) in [5.74, 6) is 1.14. The standard InChI is InChI=1S/C19H24N4O3S/c1-13(2)23-12-20-22-18(23)27-11-17(24)21-14-6-7-15-16(10-14)26-19(25-15)8-4-3-5-9-19/h6-7,10,12-13H,3-5,8-9,11H2,1-2H3,(H,21,24). The van der Waals surface area contributed by atoms with E-state index in [1.165, 1.54) is 18.2 Å². The van der Waals surface area contributed by atoms with E-state index in [9.17, 15) is 4.79 Å². The molecule has 1 aliphatic carbocycles. The average molecular weight is 388 g/mol. The van der Waals surface area contributed by atoms with E-state index in [2.05, 4.69) is 29.4 Å². The average Bonchev–Trinajstić information content (AvgIpc) is 3.24. The van der Waals surface area contributed by atoms with Crippen molar-refractivity contribution in [3.05, 3.63) is 24.5 Å². The molecule has 7 nitrogen and oxygen atoms in total. The fourth-order valence-corrected chi connectivity index (χ4v) is 4.33. The number of carbonyl (C=O) groups excluding carboxylic acids is 1. The van der Waals surface area contributed by atoms with E-state index < -0.39 is 5.79 Å². The first-order valence-corrected chi connectivity index (χ1v) is 10.4. The summed E-state index contributed by atoms with van der Waals surface area (Å²) in [5, 5.41) is 11.6. The lowest BCUT2D eigenvalue weighted by Crippen LogP contribution is -2.40. The molecule has 0 radical (unpaired) electrons. The highest BCUT2D eigenvalue weighted by atomic mass is 32.2. The maximum absolute atomic E-state index is 12.3. The third-order valence-electron chi connectivity index (χ3n) is 4.86. The van der Waals surface area contributed by atoms with Crippen LogP contribution in [-0.2, 0) is 4.79 Å². The molecule has 0 unspecified atom stereocenters. The van der Waals surface area contributed by atoms with Crippen molar-refractivity contribution in [2.75, 3.05) is 11.1 Å². The van der Waals surface area contributed by atoms with Gasteiger partial charge < -0.3 is 19.4 Å². The minimum atomic E-state index is -0.500. The lowest BCUT2D eigenvalue weighted by Gasteiger charge is -2.31. The predicted molar refractivity (Wildman–Crippen MR) is 103 cm³/mol. The number of amides is 1. The third-order valence-corrected chi connectivity index (χ3v) is 5.82. The molecule has 1 aromatic carbocycles. The number of nitrogens with one attached hydrogen (secondary N) is 1. The van der Waals surface area contributed by atoms with Gasteiger partial charge in [-0.15, -0.1) is 10.2 Å². The maximum atomic E-state index is 12.3. The van der Waals surface area contributed by atoms with E-state index in [0.29, 0.717) is 11.4 Å². The molecule has 1 saturated carbocycles. The second-order valence-corrected chi connectivity index (χ2v) is 8.23. The van der Waals surface area contributed by atoms with Crippen molar-refractivity contribution in [1.29, 1.82) is 0 Å². The zero-order valence-corrected chi connectivity index (χ0v) is 16.4. The van der Waals surface area contributed by atoms with Crippen molar-refractivity contribution in [2.24, 2.45) is 0 Å². The highest BCUT2D eigenvalue weighted by Crippen LogP contribution is 2.46. The molecule has 4 rings (SSSR count). The van der Waals surface area contributed by atoms with Crippen LogP contribution in [-0.4, -0.2) is 32.2 Å². The van der Waals surface area contributed by atoms with E-state index in [-0.39, 0.29) is 17.7 Å². The van der Waals surface area contributed by atoms with Gasteiger partial charge in [-0.1, -0.05) is 18.2 Å². The lowest BCUT2D eigenvalue weighted by atomic mass is 9.94. The molecule has 1 spiro atoms. The molecule has 8 heteroatoms. The number of anilines is 1. The number of rotatable bonds is 5. The highest BCUT2D eigenvalue weighted by Gasteiger charge is 2.42. The number of aromatic nitrogens is 3. The van der Waals surface area contributed by atoms with Crippen LogP contribution in [0.15, 0.2) is 29.7 Å². The van der Waals surface area contributed by atoms with Crippen LogP contribution in [0.25, 0.3) is 0 Å². The number of nitrogens with zero attached hydrogens (tertiary/aromatic N) is 3. The first-order chi connectivity index (χ1) is 13.0. The van der Waals surface area contributed by atoms with Crippen LogP contribution in [0.3, 0.4) is 0 Å². The summed E-state index contributed by atoms with van der Waals surface area (Å²) in [7, 11) is 0. The van der Waals surface area contributed by atoms with Crippen molar-refractivity contribution in [3.63, 3.8) is 0 Å². The first-order valence-electron chi connectivity index (χ1n) is 9.39. The van der Waals surface area contributed by atoms with E-state index in [0.717, 1.165) is 36.6 Å². The van der Waals surface area contributed by atoms with Gasteiger partial charge in [0.15, 0.2) is 16.7 Å². The summed E-state index contributed by atoms with van der Waals surface area (Å²) >= 11 is 1.37. The number of carbonyl (C=O) groups is 1. The molecule has 0 atom stereocenters. The fourth-order valence-electron chi connectivity index (χ4n) is 3.48. The number of hydrogen-bond donors (Lipinski definition) is 1. The largest absolute Gasteiger partial charge is 0.448 e. The van der Waals surface area contributed by atoms with Gasteiger partial charge in [-0.2, -0.15) is 0 Å². The molecule has 0 saturated heterocycles. The van der Waals surface area contributed by atoms with Crippen LogP contribution < -0.4 is 14.8 Å². The van der Waals surface area contributed by atoms with Gasteiger partial charge >= 0.3 is 0 Å². The minimum Gasteiger partial charge on any atom is -0.448 e. The Morgan fingerprint density at radius 1 is 1.26 bits per heavy atom. The van der Waals surface area contributed by atoms with Gasteiger partial charge in [0.25, 0.3) is 5.79 Å². The second kappa shape index (κ2) is 7.42. The van der Waals surface area contributed by atoms with E-state index in [4.69, 9.17) is 9.47 Å². The molecule has 27 heavy (non-hydrogen) atoms. The van der Waals surface area contributed by atoms with Crippen molar-refractivity contribution >= 4 is 23.4 Å². The smallest absolute Gasteiger partial charge is 0.251 e. The molecule has 144 valence electrons. The van der Waals surface area contributed by atoms with Crippen molar-refractivity contribution in [1.82, 2.24) is 14.8 Å². The quantitative estimate of drug-likeness (QED) is 0.780. The Kier molecular flexibility index (Phi) is 4.99. The van der Waals surface area contributed by atoms with E-state index in [1.54, 1.807) is 6.33 Å². The lowest BCUT2D eigenvalue weighted by molar-refractivity contribution is -0.113. The zero-order chi connectivity index (χ0) is 18.9. The molecule has 2 aromatic rings. The Bertz CT molecular complexity index is 830. The predicted octanol–water partition coefficient (Wildman–Crippen LogP) is 4.02. The molecule has 1 fully saturated rings. The molecule has 1 aromatic heterocycles. The second-order valence-electron chi connectivity index (χ2n) is 7.29. The Labute approximate surface area is 162 Å². The Balaban J connectivity index is 1.36. The number of thioether (sulfide) groups is 1. The number of hydrogen-bond acceptors (Lipinski definition) is 6. The third kappa shape index (κ3) is 3.90. The van der Waals surface area contributed by atoms with Gasteiger partial charge in [0, 0.05) is 30.6 Å². The summed E-state index contributed by atoms with van der Waals surface area (Å²) in [5.41, 5.74) is 0.709. The van der Waals surface area contributed by atoms with Gasteiger partial charge in [0.1, 0.15) is 6.33 Å². The maximum Gasteiger partial charge on any atom is 0.251 e. The zero-order valence-electron chi connectivity index (χ0n) is 15.6. The number of fused-ring (bicyclic) bond motifs is 1. The van der Waals surface area contributed by atoms with Gasteiger partial charge in [0.2, 0.25) is 5.91 Å². The summed E-state index contributed by atoms with van der Waals surface area (Å²) < 4.78 is 14.1. The monoisotopic (exact) mass is 388 g/mol. The molecular formula is C19H24N4O3S. The first kappa shape index (κ1) is 18.2. The van der Waals surface area contributed by atoms with Gasteiger partial charge in [0.05, 0.1) is 5.75 Å². The molecule has 1 aliphatic heterocycles. The normalized spacial score (nSPS) is 17.4. The van der Waals surface area contributed by atoms with Crippen LogP contribution in [0.5, 0.6) is 11.5 Å². The number of ether oxygens (including phenoxy) is 2. The van der Waals surface area contributed by atoms with E-state index >= 15 is 0 Å². The summed E-state index contributed by atoms with van der Waals surface area (Å²) in [4.78, 5) is 12.3. The summed E-state index contributed by atoms with van der Waals surface area (Å²) in [6.07, 6.45) is 6.98.